The van der Waals surface area contributed by atoms with Crippen LogP contribution in [-0.2, 0) is 20.8 Å². The quantitative estimate of drug-likeness (QED) is 0.788. The maximum Gasteiger partial charge on any atom is 0.248 e. The zero-order valence-electron chi connectivity index (χ0n) is 15.4. The Morgan fingerprint density at radius 3 is 2.92 bits per heavy atom. The molecule has 0 radical (unpaired) electrons. The topological polar surface area (TPSA) is 54.9 Å². The second-order valence-corrected chi connectivity index (χ2v) is 7.24. The Morgan fingerprint density at radius 1 is 1.50 bits per heavy atom. The molecule has 2 rings (SSSR count). The third kappa shape index (κ3) is 5.54. The molecule has 24 heavy (non-hydrogen) atoms. The Bertz CT molecular complexity index is 560. The summed E-state index contributed by atoms with van der Waals surface area (Å²) in [5.74, 6) is -0.0361. The number of hydrogen-bond donors (Lipinski definition) is 0. The van der Waals surface area contributed by atoms with Gasteiger partial charge in [0.15, 0.2) is 0 Å². The Hall–Kier alpha value is -1.50. The van der Waals surface area contributed by atoms with Gasteiger partial charge in [0.2, 0.25) is 5.91 Å². The van der Waals surface area contributed by atoms with E-state index in [-0.39, 0.29) is 24.2 Å². The molecule has 2 heterocycles. The van der Waals surface area contributed by atoms with Gasteiger partial charge in [-0.25, -0.2) is 0 Å². The molecule has 1 aromatic rings. The van der Waals surface area contributed by atoms with E-state index in [1.54, 1.807) is 14.1 Å². The van der Waals surface area contributed by atoms with Gasteiger partial charge in [-0.15, -0.1) is 0 Å². The SMILES string of the molecule is Cc1cccnc1CN1CC(COCC(=O)N(C)C)OC(C)(C)C1. The van der Waals surface area contributed by atoms with Crippen molar-refractivity contribution in [2.24, 2.45) is 0 Å². The molecule has 1 fully saturated rings. The lowest BCUT2D eigenvalue weighted by atomic mass is 10.0. The lowest BCUT2D eigenvalue weighted by Gasteiger charge is -2.42. The van der Waals surface area contributed by atoms with Crippen LogP contribution in [0.4, 0.5) is 0 Å². The van der Waals surface area contributed by atoms with Gasteiger partial charge in [0.25, 0.3) is 0 Å². The maximum atomic E-state index is 11.6. The third-order valence-electron chi connectivity index (χ3n) is 4.07. The van der Waals surface area contributed by atoms with Gasteiger partial charge in [-0.1, -0.05) is 6.07 Å². The normalized spacial score (nSPS) is 20.8. The number of carbonyl (C=O) groups excluding carboxylic acids is 1. The monoisotopic (exact) mass is 335 g/mol. The van der Waals surface area contributed by atoms with Crippen molar-refractivity contribution >= 4 is 5.91 Å². The van der Waals surface area contributed by atoms with E-state index in [2.05, 4.69) is 36.7 Å². The Labute approximate surface area is 144 Å². The molecular weight excluding hydrogens is 306 g/mol. The summed E-state index contributed by atoms with van der Waals surface area (Å²) in [5.41, 5.74) is 2.05. The van der Waals surface area contributed by atoms with Crippen LogP contribution in [-0.4, -0.2) is 72.8 Å². The second kappa shape index (κ2) is 8.05. The number of morpholine rings is 1. The van der Waals surface area contributed by atoms with Gasteiger partial charge in [0.05, 0.1) is 24.0 Å². The van der Waals surface area contributed by atoms with Crippen molar-refractivity contribution in [1.82, 2.24) is 14.8 Å². The van der Waals surface area contributed by atoms with Crippen molar-refractivity contribution in [3.8, 4) is 0 Å². The molecule has 0 spiro atoms. The molecular formula is C18H29N3O3. The van der Waals surface area contributed by atoms with Crippen LogP contribution in [0.2, 0.25) is 0 Å². The Morgan fingerprint density at radius 2 is 2.25 bits per heavy atom. The number of hydrogen-bond acceptors (Lipinski definition) is 5. The number of likely N-dealkylation sites (N-methyl/N-ethyl adjacent to an activating group) is 1. The molecule has 1 atom stereocenters. The average molecular weight is 335 g/mol. The van der Waals surface area contributed by atoms with Crippen LogP contribution in [0.25, 0.3) is 0 Å². The molecule has 1 amide bonds. The first kappa shape index (κ1) is 18.8. The molecule has 134 valence electrons. The molecule has 1 aliphatic heterocycles. The lowest BCUT2D eigenvalue weighted by molar-refractivity contribution is -0.161. The molecule has 1 aliphatic rings. The van der Waals surface area contributed by atoms with Crippen molar-refractivity contribution in [3.05, 3.63) is 29.6 Å². The first-order valence-corrected chi connectivity index (χ1v) is 8.35. The van der Waals surface area contributed by atoms with Crippen molar-refractivity contribution in [2.45, 2.75) is 39.0 Å². The predicted octanol–water partition coefficient (Wildman–Crippen LogP) is 1.47. The smallest absolute Gasteiger partial charge is 0.248 e. The molecule has 0 N–H and O–H groups in total. The summed E-state index contributed by atoms with van der Waals surface area (Å²) in [6.45, 7) is 9.18. The van der Waals surface area contributed by atoms with Crippen molar-refractivity contribution in [1.29, 1.82) is 0 Å². The van der Waals surface area contributed by atoms with E-state index in [1.165, 1.54) is 10.5 Å². The van der Waals surface area contributed by atoms with Gasteiger partial charge in [-0.2, -0.15) is 0 Å². The van der Waals surface area contributed by atoms with Crippen molar-refractivity contribution < 1.29 is 14.3 Å². The number of rotatable bonds is 6. The molecule has 0 aliphatic carbocycles. The van der Waals surface area contributed by atoms with Crippen LogP contribution in [0.1, 0.15) is 25.1 Å². The van der Waals surface area contributed by atoms with E-state index in [1.807, 2.05) is 12.3 Å². The summed E-state index contributed by atoms with van der Waals surface area (Å²) in [4.78, 5) is 20.0. The minimum absolute atomic E-state index is 0.0361. The van der Waals surface area contributed by atoms with Gasteiger partial charge in [0, 0.05) is 39.9 Å². The number of nitrogens with zero attached hydrogens (tertiary/aromatic N) is 3. The Kier molecular flexibility index (Phi) is 6.32. The standard InChI is InChI=1S/C18H29N3O3/c1-14-7-6-8-19-16(14)10-21-9-15(24-18(2,3)13-21)11-23-12-17(22)20(4)5/h6-8,15H,9-13H2,1-5H3. The number of pyridine rings is 1. The van der Waals surface area contributed by atoms with Gasteiger partial charge < -0.3 is 14.4 Å². The van der Waals surface area contributed by atoms with E-state index >= 15 is 0 Å². The average Bonchev–Trinajstić information content (AvgIpc) is 2.48. The number of aromatic nitrogens is 1. The van der Waals surface area contributed by atoms with Crippen LogP contribution in [0.15, 0.2) is 18.3 Å². The minimum Gasteiger partial charge on any atom is -0.369 e. The fourth-order valence-electron chi connectivity index (χ4n) is 2.93. The summed E-state index contributed by atoms with van der Waals surface area (Å²) < 4.78 is 11.7. The molecule has 0 aromatic carbocycles. The van der Waals surface area contributed by atoms with Crippen LogP contribution in [0.5, 0.6) is 0 Å². The summed E-state index contributed by atoms with van der Waals surface area (Å²) >= 11 is 0. The van der Waals surface area contributed by atoms with E-state index < -0.39 is 0 Å². The highest BCUT2D eigenvalue weighted by atomic mass is 16.5. The minimum atomic E-state index is -0.249. The summed E-state index contributed by atoms with van der Waals surface area (Å²) in [7, 11) is 3.45. The second-order valence-electron chi connectivity index (χ2n) is 7.24. The molecule has 6 nitrogen and oxygen atoms in total. The molecule has 1 saturated heterocycles. The summed E-state index contributed by atoms with van der Waals surface area (Å²) in [6, 6.07) is 4.04. The van der Waals surface area contributed by atoms with Gasteiger partial charge in [-0.3, -0.25) is 14.7 Å². The number of ether oxygens (including phenoxy) is 2. The number of amides is 1. The van der Waals surface area contributed by atoms with E-state index in [0.29, 0.717) is 6.61 Å². The van der Waals surface area contributed by atoms with Gasteiger partial charge in [-0.05, 0) is 32.4 Å². The number of carbonyl (C=O) groups is 1. The van der Waals surface area contributed by atoms with Crippen molar-refractivity contribution in [2.75, 3.05) is 40.4 Å². The van der Waals surface area contributed by atoms with Crippen LogP contribution in [0.3, 0.4) is 0 Å². The molecule has 1 unspecified atom stereocenters. The Balaban J connectivity index is 1.91. The first-order valence-electron chi connectivity index (χ1n) is 8.35. The highest BCUT2D eigenvalue weighted by molar-refractivity contribution is 5.76. The van der Waals surface area contributed by atoms with E-state index in [9.17, 15) is 4.79 Å². The van der Waals surface area contributed by atoms with E-state index in [0.717, 1.165) is 25.3 Å². The number of aryl methyl sites for hydroxylation is 1. The lowest BCUT2D eigenvalue weighted by Crippen LogP contribution is -2.53. The highest BCUT2D eigenvalue weighted by Crippen LogP contribution is 2.23. The summed E-state index contributed by atoms with van der Waals surface area (Å²) in [6.07, 6.45) is 1.79. The first-order chi connectivity index (χ1) is 11.3. The summed E-state index contributed by atoms with van der Waals surface area (Å²) in [5, 5.41) is 0. The molecule has 6 heteroatoms. The predicted molar refractivity (Wildman–Crippen MR) is 92.7 cm³/mol. The molecule has 0 saturated carbocycles. The highest BCUT2D eigenvalue weighted by Gasteiger charge is 2.33. The van der Waals surface area contributed by atoms with Crippen LogP contribution >= 0.6 is 0 Å². The fraction of sp³-hybridized carbons (Fsp3) is 0.667. The fourth-order valence-corrected chi connectivity index (χ4v) is 2.93. The van der Waals surface area contributed by atoms with Gasteiger partial charge >= 0.3 is 0 Å². The molecule has 1 aromatic heterocycles. The molecule has 0 bridgehead atoms. The maximum absolute atomic E-state index is 11.6. The van der Waals surface area contributed by atoms with Crippen molar-refractivity contribution in [3.63, 3.8) is 0 Å². The third-order valence-corrected chi connectivity index (χ3v) is 4.07. The van der Waals surface area contributed by atoms with Gasteiger partial charge in [0.1, 0.15) is 6.61 Å². The van der Waals surface area contributed by atoms with E-state index in [4.69, 9.17) is 9.47 Å². The zero-order chi connectivity index (χ0) is 17.7. The van der Waals surface area contributed by atoms with Crippen LogP contribution in [0, 0.1) is 6.92 Å². The van der Waals surface area contributed by atoms with Crippen LogP contribution < -0.4 is 0 Å². The largest absolute Gasteiger partial charge is 0.369 e. The zero-order valence-corrected chi connectivity index (χ0v) is 15.4.